The van der Waals surface area contributed by atoms with E-state index in [0.29, 0.717) is 24.5 Å². The van der Waals surface area contributed by atoms with Crippen LogP contribution >= 0.6 is 0 Å². The molecular formula is C19H34F2N6O. The van der Waals surface area contributed by atoms with Crippen LogP contribution in [-0.4, -0.2) is 65.8 Å². The highest BCUT2D eigenvalue weighted by atomic mass is 19.3. The van der Waals surface area contributed by atoms with Crippen molar-refractivity contribution in [2.24, 2.45) is 10.9 Å². The van der Waals surface area contributed by atoms with Crippen LogP contribution in [0.4, 0.5) is 8.78 Å². The Balaban J connectivity index is 2.04. The number of guanidine groups is 1. The second-order valence-corrected chi connectivity index (χ2v) is 6.90. The summed E-state index contributed by atoms with van der Waals surface area (Å²) in [6.45, 7) is 8.77. The Morgan fingerprint density at radius 1 is 1.21 bits per heavy atom. The molecule has 0 spiro atoms. The van der Waals surface area contributed by atoms with Gasteiger partial charge in [-0.25, -0.2) is 9.98 Å². The smallest absolute Gasteiger partial charge is 0.319 e. The second-order valence-electron chi connectivity index (χ2n) is 6.90. The molecule has 1 aromatic heterocycles. The Labute approximate surface area is 166 Å². The molecule has 1 fully saturated rings. The van der Waals surface area contributed by atoms with Gasteiger partial charge in [-0.15, -0.1) is 0 Å². The van der Waals surface area contributed by atoms with Gasteiger partial charge in [0.15, 0.2) is 5.96 Å². The Hall–Kier alpha value is -1.74. The standard InChI is InChI=1S/C19H34F2N6O/c1-4-15(5-2)16(26-9-11-28-12-10-26)13-24-19(22-6-3)25-14-17-23-7-8-27(17)18(20)21/h7-8,15-16,18H,4-6,9-14H2,1-3H3,(H2,22,24,25). The van der Waals surface area contributed by atoms with E-state index in [1.54, 1.807) is 0 Å². The van der Waals surface area contributed by atoms with Gasteiger partial charge in [-0.2, -0.15) is 8.78 Å². The second kappa shape index (κ2) is 12.0. The minimum atomic E-state index is -2.61. The van der Waals surface area contributed by atoms with Crippen LogP contribution in [0.1, 0.15) is 46.0 Å². The van der Waals surface area contributed by atoms with Crippen LogP contribution in [0, 0.1) is 5.92 Å². The highest BCUT2D eigenvalue weighted by Crippen LogP contribution is 2.19. The molecule has 28 heavy (non-hydrogen) atoms. The summed E-state index contributed by atoms with van der Waals surface area (Å²) in [5, 5.41) is 6.61. The van der Waals surface area contributed by atoms with E-state index in [1.807, 2.05) is 6.92 Å². The first kappa shape index (κ1) is 22.5. The van der Waals surface area contributed by atoms with Crippen molar-refractivity contribution in [3.63, 3.8) is 0 Å². The zero-order valence-corrected chi connectivity index (χ0v) is 17.2. The lowest BCUT2D eigenvalue weighted by Crippen LogP contribution is -2.53. The van der Waals surface area contributed by atoms with Gasteiger partial charge in [-0.05, 0) is 12.8 Å². The normalized spacial score (nSPS) is 17.3. The maximum atomic E-state index is 13.0. The maximum Gasteiger partial charge on any atom is 0.319 e. The van der Waals surface area contributed by atoms with Gasteiger partial charge in [0.2, 0.25) is 0 Å². The van der Waals surface area contributed by atoms with Crippen LogP contribution in [0.3, 0.4) is 0 Å². The predicted molar refractivity (Wildman–Crippen MR) is 107 cm³/mol. The zero-order valence-electron chi connectivity index (χ0n) is 17.2. The molecule has 0 amide bonds. The molecule has 2 heterocycles. The van der Waals surface area contributed by atoms with Crippen LogP contribution < -0.4 is 10.6 Å². The fourth-order valence-corrected chi connectivity index (χ4v) is 3.67. The van der Waals surface area contributed by atoms with Gasteiger partial charge in [0.1, 0.15) is 12.4 Å². The summed E-state index contributed by atoms with van der Waals surface area (Å²) in [4.78, 5) is 10.9. The number of hydrogen-bond donors (Lipinski definition) is 2. The van der Waals surface area contributed by atoms with Crippen molar-refractivity contribution in [1.82, 2.24) is 25.1 Å². The molecule has 0 bridgehead atoms. The quantitative estimate of drug-likeness (QED) is 0.467. The van der Waals surface area contributed by atoms with Crippen molar-refractivity contribution in [1.29, 1.82) is 0 Å². The summed E-state index contributed by atoms with van der Waals surface area (Å²) >= 11 is 0. The van der Waals surface area contributed by atoms with E-state index in [0.717, 1.165) is 50.3 Å². The largest absolute Gasteiger partial charge is 0.379 e. The van der Waals surface area contributed by atoms with Gasteiger partial charge >= 0.3 is 6.55 Å². The zero-order chi connectivity index (χ0) is 20.4. The Morgan fingerprint density at radius 2 is 1.93 bits per heavy atom. The van der Waals surface area contributed by atoms with Gasteiger partial charge in [-0.3, -0.25) is 9.47 Å². The number of nitrogens with one attached hydrogen (secondary N) is 2. The summed E-state index contributed by atoms with van der Waals surface area (Å²) in [6.07, 6.45) is 4.87. The fraction of sp³-hybridized carbons (Fsp3) is 0.789. The summed E-state index contributed by atoms with van der Waals surface area (Å²) < 4.78 is 32.3. The number of imidazole rings is 1. The summed E-state index contributed by atoms with van der Waals surface area (Å²) in [6, 6.07) is 0.380. The number of morpholine rings is 1. The highest BCUT2D eigenvalue weighted by Gasteiger charge is 2.27. The first-order valence-corrected chi connectivity index (χ1v) is 10.2. The average Bonchev–Trinajstić information content (AvgIpc) is 3.18. The van der Waals surface area contributed by atoms with Crippen LogP contribution in [0.2, 0.25) is 0 Å². The number of aromatic nitrogens is 2. The molecule has 9 heteroatoms. The average molecular weight is 401 g/mol. The lowest BCUT2D eigenvalue weighted by atomic mass is 9.92. The molecule has 1 unspecified atom stereocenters. The molecule has 1 saturated heterocycles. The Bertz CT molecular complexity index is 585. The van der Waals surface area contributed by atoms with Crippen LogP contribution in [0.25, 0.3) is 0 Å². The van der Waals surface area contributed by atoms with E-state index >= 15 is 0 Å². The highest BCUT2D eigenvalue weighted by molar-refractivity contribution is 5.79. The van der Waals surface area contributed by atoms with Crippen LogP contribution in [0.15, 0.2) is 17.4 Å². The van der Waals surface area contributed by atoms with E-state index < -0.39 is 6.55 Å². The summed E-state index contributed by atoms with van der Waals surface area (Å²) in [5.74, 6) is 1.44. The van der Waals surface area contributed by atoms with Crippen molar-refractivity contribution >= 4 is 5.96 Å². The van der Waals surface area contributed by atoms with Gasteiger partial charge in [-0.1, -0.05) is 26.7 Å². The molecule has 1 aliphatic heterocycles. The number of hydrogen-bond acceptors (Lipinski definition) is 4. The number of nitrogens with zero attached hydrogens (tertiary/aromatic N) is 4. The molecule has 7 nitrogen and oxygen atoms in total. The molecule has 0 aromatic carbocycles. The molecule has 0 aliphatic carbocycles. The maximum absolute atomic E-state index is 13.0. The van der Waals surface area contributed by atoms with Crippen molar-refractivity contribution in [2.45, 2.75) is 52.7 Å². The van der Waals surface area contributed by atoms with Crippen LogP contribution in [0.5, 0.6) is 0 Å². The Morgan fingerprint density at radius 3 is 2.54 bits per heavy atom. The van der Waals surface area contributed by atoms with Crippen molar-refractivity contribution in [3.8, 4) is 0 Å². The van der Waals surface area contributed by atoms with E-state index in [2.05, 4.69) is 39.4 Å². The molecule has 1 aliphatic rings. The van der Waals surface area contributed by atoms with E-state index in [-0.39, 0.29) is 12.4 Å². The monoisotopic (exact) mass is 400 g/mol. The summed E-state index contributed by atoms with van der Waals surface area (Å²) in [7, 11) is 0. The van der Waals surface area contributed by atoms with Crippen molar-refractivity contribution in [3.05, 3.63) is 18.2 Å². The molecular weight excluding hydrogens is 366 g/mol. The molecule has 160 valence electrons. The SMILES string of the molecule is CCNC(=NCc1nccn1C(F)F)NCC(C(CC)CC)N1CCOCC1. The summed E-state index contributed by atoms with van der Waals surface area (Å²) in [5.41, 5.74) is 0. The third-order valence-corrected chi connectivity index (χ3v) is 5.27. The predicted octanol–water partition coefficient (Wildman–Crippen LogP) is 2.47. The number of alkyl halides is 2. The number of ether oxygens (including phenoxy) is 1. The van der Waals surface area contributed by atoms with Gasteiger partial charge in [0, 0.05) is 44.6 Å². The first-order valence-electron chi connectivity index (χ1n) is 10.2. The Kier molecular flexibility index (Phi) is 9.63. The van der Waals surface area contributed by atoms with E-state index in [1.165, 1.54) is 12.4 Å². The molecule has 1 aromatic rings. The molecule has 0 radical (unpaired) electrons. The van der Waals surface area contributed by atoms with E-state index in [9.17, 15) is 8.78 Å². The lowest BCUT2D eigenvalue weighted by molar-refractivity contribution is 0.00272. The molecule has 1 atom stereocenters. The molecule has 0 saturated carbocycles. The van der Waals surface area contributed by atoms with Crippen molar-refractivity contribution < 1.29 is 13.5 Å². The van der Waals surface area contributed by atoms with Crippen molar-refractivity contribution in [2.75, 3.05) is 39.4 Å². The number of halogens is 2. The molecule has 2 N–H and O–H groups in total. The fourth-order valence-electron chi connectivity index (χ4n) is 3.67. The third kappa shape index (κ3) is 6.41. The first-order chi connectivity index (χ1) is 13.6. The van der Waals surface area contributed by atoms with E-state index in [4.69, 9.17) is 4.74 Å². The minimum Gasteiger partial charge on any atom is -0.379 e. The molecule has 2 rings (SSSR count). The van der Waals surface area contributed by atoms with Gasteiger partial charge < -0.3 is 15.4 Å². The topological polar surface area (TPSA) is 66.7 Å². The van der Waals surface area contributed by atoms with Gasteiger partial charge in [0.05, 0.1) is 13.2 Å². The minimum absolute atomic E-state index is 0.0971. The number of rotatable bonds is 10. The lowest BCUT2D eigenvalue weighted by Gasteiger charge is -2.39. The number of aliphatic imine (C=N–C) groups is 1. The third-order valence-electron chi connectivity index (χ3n) is 5.27. The van der Waals surface area contributed by atoms with Gasteiger partial charge in [0.25, 0.3) is 0 Å². The van der Waals surface area contributed by atoms with Crippen LogP contribution in [-0.2, 0) is 11.3 Å².